The van der Waals surface area contributed by atoms with Gasteiger partial charge in [-0.25, -0.2) is 0 Å². The molecule has 1 amide bonds. The van der Waals surface area contributed by atoms with Crippen LogP contribution >= 0.6 is 0 Å². The molecule has 3 aliphatic heterocycles. The Morgan fingerprint density at radius 1 is 1.00 bits per heavy atom. The first-order valence-electron chi connectivity index (χ1n) is 11.4. The van der Waals surface area contributed by atoms with Crippen molar-refractivity contribution in [3.05, 3.63) is 65.7 Å². The SMILES string of the molecule is C1=NCCO1.O=C(CCC1=Nc2ccccc2CC1)N1CCC(c2ccccc2)CC1. The quantitative estimate of drug-likeness (QED) is 0.708. The monoisotopic (exact) mass is 417 g/mol. The number of aryl methyl sites for hydroxylation is 1. The molecule has 0 spiro atoms. The smallest absolute Gasteiger partial charge is 0.222 e. The van der Waals surface area contributed by atoms with E-state index in [0.717, 1.165) is 64.0 Å². The number of carbonyl (C=O) groups excluding carboxylic acids is 1. The Morgan fingerprint density at radius 2 is 1.77 bits per heavy atom. The second-order valence-corrected chi connectivity index (χ2v) is 8.25. The fourth-order valence-electron chi connectivity index (χ4n) is 4.38. The van der Waals surface area contributed by atoms with Gasteiger partial charge in [0, 0.05) is 25.2 Å². The van der Waals surface area contributed by atoms with E-state index in [1.165, 1.54) is 23.2 Å². The number of rotatable bonds is 4. The van der Waals surface area contributed by atoms with E-state index in [4.69, 9.17) is 4.99 Å². The molecule has 0 aromatic heterocycles. The number of hydrogen-bond acceptors (Lipinski definition) is 4. The van der Waals surface area contributed by atoms with Crippen molar-refractivity contribution in [3.8, 4) is 0 Å². The number of fused-ring (bicyclic) bond motifs is 1. The minimum atomic E-state index is 0.290. The molecule has 3 aliphatic rings. The number of nitrogens with zero attached hydrogens (tertiary/aromatic N) is 3. The third kappa shape index (κ3) is 6.03. The Hall–Kier alpha value is -2.95. The summed E-state index contributed by atoms with van der Waals surface area (Å²) in [5.41, 5.74) is 5.00. The van der Waals surface area contributed by atoms with Crippen LogP contribution < -0.4 is 0 Å². The second-order valence-electron chi connectivity index (χ2n) is 8.25. The zero-order chi connectivity index (χ0) is 21.3. The van der Waals surface area contributed by atoms with E-state index >= 15 is 0 Å². The van der Waals surface area contributed by atoms with E-state index in [9.17, 15) is 4.79 Å². The van der Waals surface area contributed by atoms with Gasteiger partial charge in [-0.05, 0) is 55.2 Å². The fraction of sp³-hybridized carbons (Fsp3) is 0.423. The van der Waals surface area contributed by atoms with Gasteiger partial charge in [0.1, 0.15) is 6.61 Å². The summed E-state index contributed by atoms with van der Waals surface area (Å²) in [7, 11) is 0. The number of carbonyl (C=O) groups is 1. The molecule has 0 aliphatic carbocycles. The number of benzene rings is 2. The van der Waals surface area contributed by atoms with Crippen LogP contribution in [0.15, 0.2) is 64.6 Å². The molecule has 1 fully saturated rings. The lowest BCUT2D eigenvalue weighted by atomic mass is 9.89. The lowest BCUT2D eigenvalue weighted by molar-refractivity contribution is -0.132. The van der Waals surface area contributed by atoms with Crippen LogP contribution in [-0.2, 0) is 16.0 Å². The molecule has 0 radical (unpaired) electrons. The Kier molecular flexibility index (Phi) is 7.48. The van der Waals surface area contributed by atoms with Crippen molar-refractivity contribution in [3.63, 3.8) is 0 Å². The lowest BCUT2D eigenvalue weighted by Crippen LogP contribution is -2.38. The second kappa shape index (κ2) is 10.9. The maximum Gasteiger partial charge on any atom is 0.222 e. The van der Waals surface area contributed by atoms with E-state index in [-0.39, 0.29) is 5.91 Å². The molecule has 1 saturated heterocycles. The van der Waals surface area contributed by atoms with Crippen LogP contribution in [0.1, 0.15) is 49.1 Å². The van der Waals surface area contributed by atoms with Crippen molar-refractivity contribution in [2.45, 2.75) is 44.4 Å². The number of aliphatic imine (C=N–C) groups is 2. The number of amides is 1. The summed E-state index contributed by atoms with van der Waals surface area (Å²) >= 11 is 0. The molecule has 2 aromatic rings. The third-order valence-electron chi connectivity index (χ3n) is 6.19. The summed E-state index contributed by atoms with van der Waals surface area (Å²) < 4.78 is 4.65. The first-order valence-corrected chi connectivity index (χ1v) is 11.4. The van der Waals surface area contributed by atoms with Crippen LogP contribution in [0.5, 0.6) is 0 Å². The maximum atomic E-state index is 12.6. The molecule has 0 unspecified atom stereocenters. The van der Waals surface area contributed by atoms with E-state index in [0.29, 0.717) is 12.3 Å². The largest absolute Gasteiger partial charge is 0.482 e. The molecule has 3 heterocycles. The van der Waals surface area contributed by atoms with Crippen molar-refractivity contribution in [1.82, 2.24) is 4.90 Å². The van der Waals surface area contributed by atoms with Gasteiger partial charge in [0.2, 0.25) is 5.91 Å². The summed E-state index contributed by atoms with van der Waals surface area (Å²) in [4.78, 5) is 23.1. The van der Waals surface area contributed by atoms with E-state index in [1.54, 1.807) is 0 Å². The van der Waals surface area contributed by atoms with Crippen LogP contribution in [0.2, 0.25) is 0 Å². The maximum absolute atomic E-state index is 12.6. The number of hydrogen-bond donors (Lipinski definition) is 0. The molecule has 0 bridgehead atoms. The van der Waals surface area contributed by atoms with Gasteiger partial charge in [0.25, 0.3) is 0 Å². The highest BCUT2D eigenvalue weighted by molar-refractivity contribution is 5.92. The molecule has 0 atom stereocenters. The van der Waals surface area contributed by atoms with Crippen molar-refractivity contribution in [2.75, 3.05) is 26.2 Å². The third-order valence-corrected chi connectivity index (χ3v) is 6.19. The van der Waals surface area contributed by atoms with Crippen molar-refractivity contribution >= 4 is 23.7 Å². The Morgan fingerprint density at radius 3 is 2.48 bits per heavy atom. The molecule has 5 heteroatoms. The van der Waals surface area contributed by atoms with Gasteiger partial charge in [0.05, 0.1) is 12.2 Å². The van der Waals surface area contributed by atoms with Crippen molar-refractivity contribution in [1.29, 1.82) is 0 Å². The van der Waals surface area contributed by atoms with Crippen LogP contribution in [0.4, 0.5) is 5.69 Å². The van der Waals surface area contributed by atoms with Crippen LogP contribution in [0.3, 0.4) is 0 Å². The summed E-state index contributed by atoms with van der Waals surface area (Å²) in [6.07, 6.45) is 7.06. The zero-order valence-electron chi connectivity index (χ0n) is 18.1. The number of para-hydroxylation sites is 1. The summed E-state index contributed by atoms with van der Waals surface area (Å²) in [6, 6.07) is 19.0. The molecule has 2 aromatic carbocycles. The summed E-state index contributed by atoms with van der Waals surface area (Å²) in [5.74, 6) is 0.887. The number of piperidine rings is 1. The van der Waals surface area contributed by atoms with Crippen LogP contribution in [-0.4, -0.2) is 49.2 Å². The summed E-state index contributed by atoms with van der Waals surface area (Å²) in [5, 5.41) is 0. The average molecular weight is 418 g/mol. The minimum absolute atomic E-state index is 0.290. The van der Waals surface area contributed by atoms with E-state index in [1.807, 2.05) is 6.07 Å². The molecule has 5 nitrogen and oxygen atoms in total. The van der Waals surface area contributed by atoms with Crippen LogP contribution in [0, 0.1) is 0 Å². The Labute approximate surface area is 184 Å². The molecular formula is C26H31N3O2. The predicted octanol–water partition coefficient (Wildman–Crippen LogP) is 4.94. The van der Waals surface area contributed by atoms with Gasteiger partial charge in [0.15, 0.2) is 6.40 Å². The number of ether oxygens (including phenoxy) is 1. The van der Waals surface area contributed by atoms with E-state index in [2.05, 4.69) is 63.2 Å². The lowest BCUT2D eigenvalue weighted by Gasteiger charge is -2.32. The molecule has 5 rings (SSSR count). The molecule has 31 heavy (non-hydrogen) atoms. The van der Waals surface area contributed by atoms with E-state index < -0.39 is 0 Å². The zero-order valence-corrected chi connectivity index (χ0v) is 18.1. The first-order chi connectivity index (χ1) is 15.3. The first kappa shape index (κ1) is 21.3. The summed E-state index contributed by atoms with van der Waals surface area (Å²) in [6.45, 7) is 3.39. The highest BCUT2D eigenvalue weighted by atomic mass is 16.5. The topological polar surface area (TPSA) is 54.3 Å². The highest BCUT2D eigenvalue weighted by Crippen LogP contribution is 2.29. The fourth-order valence-corrected chi connectivity index (χ4v) is 4.38. The van der Waals surface area contributed by atoms with Gasteiger partial charge >= 0.3 is 0 Å². The van der Waals surface area contributed by atoms with Gasteiger partial charge in [-0.2, -0.15) is 0 Å². The molecule has 0 saturated carbocycles. The highest BCUT2D eigenvalue weighted by Gasteiger charge is 2.24. The molecular weight excluding hydrogens is 386 g/mol. The van der Waals surface area contributed by atoms with Gasteiger partial charge in [-0.1, -0.05) is 48.5 Å². The minimum Gasteiger partial charge on any atom is -0.482 e. The van der Waals surface area contributed by atoms with Crippen LogP contribution in [0.25, 0.3) is 0 Å². The normalized spacial score (nSPS) is 17.8. The average Bonchev–Trinajstić information content (AvgIpc) is 3.43. The Bertz CT molecular complexity index is 909. The Balaban J connectivity index is 0.000000407. The van der Waals surface area contributed by atoms with Crippen molar-refractivity contribution < 1.29 is 9.53 Å². The predicted molar refractivity (Wildman–Crippen MR) is 125 cm³/mol. The molecule has 162 valence electrons. The standard InChI is InChI=1S/C23H26N2O.C3H5NO/c26-23(13-12-21-11-10-20-8-4-5-9-22(20)24-21)25-16-14-19(15-17-25)18-6-2-1-3-7-18;1-2-5-3-4-1/h1-9,19H,10-17H2;3H,1-2H2. The molecule has 0 N–H and O–H groups in total. The van der Waals surface area contributed by atoms with Crippen molar-refractivity contribution in [2.24, 2.45) is 9.98 Å². The van der Waals surface area contributed by atoms with Gasteiger partial charge in [-0.15, -0.1) is 0 Å². The van der Waals surface area contributed by atoms with Gasteiger partial charge < -0.3 is 9.64 Å². The number of likely N-dealkylation sites (tertiary alicyclic amines) is 1. The van der Waals surface area contributed by atoms with Gasteiger partial charge in [-0.3, -0.25) is 14.8 Å².